The molecule has 5 heteroatoms. The van der Waals surface area contributed by atoms with Gasteiger partial charge in [0.2, 0.25) is 0 Å². The minimum absolute atomic E-state index is 0.141. The van der Waals surface area contributed by atoms with Crippen molar-refractivity contribution in [2.75, 3.05) is 7.05 Å². The second kappa shape index (κ2) is 3.73. The van der Waals surface area contributed by atoms with E-state index in [1.165, 1.54) is 12.3 Å². The van der Waals surface area contributed by atoms with E-state index in [2.05, 4.69) is 10.3 Å². The van der Waals surface area contributed by atoms with Gasteiger partial charge in [0.15, 0.2) is 0 Å². The van der Waals surface area contributed by atoms with Crippen molar-refractivity contribution in [3.63, 3.8) is 0 Å². The second-order valence-corrected chi connectivity index (χ2v) is 4.20. The number of aromatic nitrogens is 1. The molecule has 0 amide bonds. The highest BCUT2D eigenvalue weighted by molar-refractivity contribution is 5.26. The van der Waals surface area contributed by atoms with Gasteiger partial charge in [0.1, 0.15) is 0 Å². The third-order valence-corrected chi connectivity index (χ3v) is 3.09. The molecule has 1 aliphatic carbocycles. The van der Waals surface area contributed by atoms with Gasteiger partial charge in [-0.1, -0.05) is 0 Å². The number of hydrogen-bond acceptors (Lipinski definition) is 2. The molecule has 0 saturated heterocycles. The van der Waals surface area contributed by atoms with Crippen LogP contribution in [0.2, 0.25) is 0 Å². The van der Waals surface area contributed by atoms with E-state index >= 15 is 0 Å². The number of hydrogen-bond donors (Lipinski definition) is 1. The molecule has 88 valence electrons. The van der Waals surface area contributed by atoms with E-state index in [-0.39, 0.29) is 11.2 Å². The lowest BCUT2D eigenvalue weighted by Crippen LogP contribution is -2.31. The summed E-state index contributed by atoms with van der Waals surface area (Å²) in [4.78, 5) is 3.86. The molecule has 1 heterocycles. The molecule has 0 bridgehead atoms. The van der Waals surface area contributed by atoms with Crippen molar-refractivity contribution in [1.29, 1.82) is 0 Å². The molecular formula is C11H13F3N2. The summed E-state index contributed by atoms with van der Waals surface area (Å²) in [5.41, 5.74) is -0.632. The van der Waals surface area contributed by atoms with Gasteiger partial charge in [0, 0.05) is 18.2 Å². The monoisotopic (exact) mass is 230 g/mol. The first-order chi connectivity index (χ1) is 7.47. The molecule has 0 atom stereocenters. The summed E-state index contributed by atoms with van der Waals surface area (Å²) in [6.45, 7) is 0. The Hall–Kier alpha value is -1.10. The first-order valence-electron chi connectivity index (χ1n) is 5.17. The first-order valence-corrected chi connectivity index (χ1v) is 5.17. The number of halogens is 3. The molecular weight excluding hydrogens is 217 g/mol. The molecule has 1 aliphatic rings. The van der Waals surface area contributed by atoms with Crippen LogP contribution in [-0.2, 0) is 12.6 Å². The fourth-order valence-electron chi connectivity index (χ4n) is 1.82. The van der Waals surface area contributed by atoms with Crippen LogP contribution < -0.4 is 5.32 Å². The minimum atomic E-state index is -4.31. The summed E-state index contributed by atoms with van der Waals surface area (Å²) >= 11 is 0. The molecule has 1 aromatic rings. The lowest BCUT2D eigenvalue weighted by Gasteiger charge is -2.17. The van der Waals surface area contributed by atoms with Gasteiger partial charge in [-0.3, -0.25) is 4.98 Å². The van der Waals surface area contributed by atoms with Gasteiger partial charge in [-0.15, -0.1) is 0 Å². The van der Waals surface area contributed by atoms with E-state index in [4.69, 9.17) is 0 Å². The Morgan fingerprint density at radius 3 is 2.62 bits per heavy atom. The van der Waals surface area contributed by atoms with Crippen molar-refractivity contribution in [2.24, 2.45) is 0 Å². The van der Waals surface area contributed by atoms with Gasteiger partial charge in [0.25, 0.3) is 0 Å². The molecule has 1 fully saturated rings. The van der Waals surface area contributed by atoms with Crippen molar-refractivity contribution in [3.05, 3.63) is 29.6 Å². The van der Waals surface area contributed by atoms with Crippen LogP contribution in [0.1, 0.15) is 24.1 Å². The number of nitrogens with one attached hydrogen (secondary N) is 1. The quantitative estimate of drug-likeness (QED) is 0.862. The van der Waals surface area contributed by atoms with Gasteiger partial charge >= 0.3 is 6.18 Å². The average Bonchev–Trinajstić information content (AvgIpc) is 2.98. The summed E-state index contributed by atoms with van der Waals surface area (Å²) in [5, 5.41) is 3.07. The molecule has 0 unspecified atom stereocenters. The molecule has 0 spiro atoms. The smallest absolute Gasteiger partial charge is 0.314 e. The highest BCUT2D eigenvalue weighted by Gasteiger charge is 2.44. The van der Waals surface area contributed by atoms with E-state index in [9.17, 15) is 13.2 Å². The maximum absolute atomic E-state index is 12.7. The Balaban J connectivity index is 2.27. The van der Waals surface area contributed by atoms with Gasteiger partial charge < -0.3 is 5.32 Å². The zero-order chi connectivity index (χ0) is 11.8. The lowest BCUT2D eigenvalue weighted by atomic mass is 10.0. The Bertz CT molecular complexity index is 383. The lowest BCUT2D eigenvalue weighted by molar-refractivity contribution is -0.138. The normalized spacial score (nSPS) is 18.5. The van der Waals surface area contributed by atoms with Crippen molar-refractivity contribution in [2.45, 2.75) is 31.0 Å². The molecule has 16 heavy (non-hydrogen) atoms. The molecule has 2 rings (SSSR count). The molecule has 1 saturated carbocycles. The summed E-state index contributed by atoms with van der Waals surface area (Å²) < 4.78 is 38.1. The second-order valence-electron chi connectivity index (χ2n) is 4.20. The molecule has 0 aliphatic heterocycles. The molecule has 0 radical (unpaired) electrons. The van der Waals surface area contributed by atoms with E-state index in [0.717, 1.165) is 18.9 Å². The van der Waals surface area contributed by atoms with Gasteiger partial charge in [0.05, 0.1) is 11.3 Å². The summed E-state index contributed by atoms with van der Waals surface area (Å²) in [6, 6.07) is 2.42. The molecule has 1 aromatic heterocycles. The van der Waals surface area contributed by atoms with Crippen molar-refractivity contribution >= 4 is 0 Å². The number of alkyl halides is 3. The number of rotatable bonds is 3. The minimum Gasteiger partial charge on any atom is -0.314 e. The van der Waals surface area contributed by atoms with Crippen LogP contribution >= 0.6 is 0 Å². The van der Waals surface area contributed by atoms with Crippen LogP contribution in [0.25, 0.3) is 0 Å². The highest BCUT2D eigenvalue weighted by atomic mass is 19.4. The van der Waals surface area contributed by atoms with Crippen molar-refractivity contribution in [1.82, 2.24) is 10.3 Å². The van der Waals surface area contributed by atoms with Crippen LogP contribution in [0, 0.1) is 0 Å². The highest BCUT2D eigenvalue weighted by Crippen LogP contribution is 2.40. The van der Waals surface area contributed by atoms with Crippen LogP contribution in [0.4, 0.5) is 13.2 Å². The Morgan fingerprint density at radius 2 is 2.12 bits per heavy atom. The zero-order valence-corrected chi connectivity index (χ0v) is 8.93. The fourth-order valence-corrected chi connectivity index (χ4v) is 1.82. The SMILES string of the molecule is CNC1(Cc2ncccc2C(F)(F)F)CC1. The standard InChI is InChI=1S/C11H13F3N2/c1-15-10(4-5-10)7-9-8(11(12,13)14)3-2-6-16-9/h2-3,6,15H,4-5,7H2,1H3. The number of nitrogens with zero attached hydrogens (tertiary/aromatic N) is 1. The predicted octanol–water partition coefficient (Wildman–Crippen LogP) is 2.39. The molecule has 2 nitrogen and oxygen atoms in total. The molecule has 0 aromatic carbocycles. The van der Waals surface area contributed by atoms with E-state index < -0.39 is 11.7 Å². The summed E-state index contributed by atoms with van der Waals surface area (Å²) in [5.74, 6) is 0. The Kier molecular flexibility index (Phi) is 2.66. The van der Waals surface area contributed by atoms with Gasteiger partial charge in [-0.25, -0.2) is 0 Å². The average molecular weight is 230 g/mol. The topological polar surface area (TPSA) is 24.9 Å². The fraction of sp³-hybridized carbons (Fsp3) is 0.545. The first kappa shape index (κ1) is 11.4. The third-order valence-electron chi connectivity index (χ3n) is 3.09. The van der Waals surface area contributed by atoms with Crippen LogP contribution in [0.5, 0.6) is 0 Å². The van der Waals surface area contributed by atoms with E-state index in [0.29, 0.717) is 6.42 Å². The van der Waals surface area contributed by atoms with Gasteiger partial charge in [-0.05, 0) is 32.0 Å². The third kappa shape index (κ3) is 2.19. The zero-order valence-electron chi connectivity index (χ0n) is 8.93. The predicted molar refractivity (Wildman–Crippen MR) is 54.0 cm³/mol. The Morgan fingerprint density at radius 1 is 1.44 bits per heavy atom. The van der Waals surface area contributed by atoms with E-state index in [1.807, 2.05) is 0 Å². The number of likely N-dealkylation sites (N-methyl/N-ethyl adjacent to an activating group) is 1. The van der Waals surface area contributed by atoms with E-state index in [1.54, 1.807) is 7.05 Å². The van der Waals surface area contributed by atoms with Gasteiger partial charge in [-0.2, -0.15) is 13.2 Å². The summed E-state index contributed by atoms with van der Waals surface area (Å²) in [6.07, 6.45) is -0.725. The van der Waals surface area contributed by atoms with Crippen molar-refractivity contribution in [3.8, 4) is 0 Å². The van der Waals surface area contributed by atoms with Crippen LogP contribution in [0.3, 0.4) is 0 Å². The largest absolute Gasteiger partial charge is 0.418 e. The van der Waals surface area contributed by atoms with Crippen LogP contribution in [-0.4, -0.2) is 17.6 Å². The van der Waals surface area contributed by atoms with Crippen LogP contribution in [0.15, 0.2) is 18.3 Å². The summed E-state index contributed by atoms with van der Waals surface area (Å²) in [7, 11) is 1.78. The Labute approximate surface area is 91.9 Å². The number of pyridine rings is 1. The maximum atomic E-state index is 12.7. The van der Waals surface area contributed by atoms with Crippen molar-refractivity contribution < 1.29 is 13.2 Å². The maximum Gasteiger partial charge on any atom is 0.418 e. The molecule has 1 N–H and O–H groups in total.